The minimum absolute atomic E-state index is 0.0998. The van der Waals surface area contributed by atoms with E-state index in [9.17, 15) is 8.78 Å². The summed E-state index contributed by atoms with van der Waals surface area (Å²) in [6.45, 7) is 2.96. The topological polar surface area (TPSA) is 15.3 Å². The molecule has 0 aromatic rings. The van der Waals surface area contributed by atoms with E-state index in [0.717, 1.165) is 32.5 Å². The molecule has 2 aliphatic rings. The molecule has 4 heteroatoms. The molecular weight excluding hydrogens is 210 g/mol. The van der Waals surface area contributed by atoms with Crippen molar-refractivity contribution >= 4 is 0 Å². The van der Waals surface area contributed by atoms with E-state index in [1.54, 1.807) is 0 Å². The van der Waals surface area contributed by atoms with Gasteiger partial charge in [0.2, 0.25) is 5.92 Å². The molecule has 0 aromatic heterocycles. The first-order valence-corrected chi connectivity index (χ1v) is 6.36. The van der Waals surface area contributed by atoms with E-state index in [1.165, 1.54) is 0 Å². The first-order chi connectivity index (χ1) is 7.59. The van der Waals surface area contributed by atoms with Gasteiger partial charge in [0.25, 0.3) is 0 Å². The molecule has 0 amide bonds. The Morgan fingerprint density at radius 2 is 2.19 bits per heavy atom. The van der Waals surface area contributed by atoms with Gasteiger partial charge in [-0.1, -0.05) is 0 Å². The molecule has 2 unspecified atom stereocenters. The number of nitrogens with one attached hydrogen (secondary N) is 1. The molecule has 2 nitrogen and oxygen atoms in total. The van der Waals surface area contributed by atoms with Gasteiger partial charge in [-0.2, -0.15) is 0 Å². The fourth-order valence-corrected chi connectivity index (χ4v) is 3.03. The van der Waals surface area contributed by atoms with Crippen LogP contribution < -0.4 is 5.32 Å². The van der Waals surface area contributed by atoms with Gasteiger partial charge in [0.15, 0.2) is 0 Å². The Morgan fingerprint density at radius 1 is 1.38 bits per heavy atom. The Balaban J connectivity index is 1.77. The van der Waals surface area contributed by atoms with E-state index < -0.39 is 5.92 Å². The maximum Gasteiger partial charge on any atom is 0.248 e. The molecule has 1 saturated heterocycles. The third-order valence-electron chi connectivity index (χ3n) is 3.94. The van der Waals surface area contributed by atoms with Crippen molar-refractivity contribution in [3.8, 4) is 0 Å². The molecule has 2 fully saturated rings. The molecule has 2 rings (SSSR count). The lowest BCUT2D eigenvalue weighted by atomic mass is 9.86. The van der Waals surface area contributed by atoms with Crippen LogP contribution in [-0.4, -0.2) is 43.5 Å². The lowest BCUT2D eigenvalue weighted by molar-refractivity contribution is -0.0561. The molecule has 1 saturated carbocycles. The van der Waals surface area contributed by atoms with Gasteiger partial charge in [-0.15, -0.1) is 0 Å². The third kappa shape index (κ3) is 3.14. The van der Waals surface area contributed by atoms with Crippen LogP contribution in [0.2, 0.25) is 0 Å². The van der Waals surface area contributed by atoms with E-state index in [1.807, 2.05) is 7.05 Å². The lowest BCUT2D eigenvalue weighted by Crippen LogP contribution is -2.36. The summed E-state index contributed by atoms with van der Waals surface area (Å²) in [7, 11) is 1.98. The largest absolute Gasteiger partial charge is 0.316 e. The van der Waals surface area contributed by atoms with Crippen molar-refractivity contribution in [2.75, 3.05) is 26.7 Å². The fourth-order valence-electron chi connectivity index (χ4n) is 3.03. The third-order valence-corrected chi connectivity index (χ3v) is 3.94. The monoisotopic (exact) mass is 232 g/mol. The second-order valence-electron chi connectivity index (χ2n) is 5.35. The van der Waals surface area contributed by atoms with Gasteiger partial charge in [-0.3, -0.25) is 0 Å². The Morgan fingerprint density at radius 3 is 2.81 bits per heavy atom. The summed E-state index contributed by atoms with van der Waals surface area (Å²) in [5.74, 6) is -2.19. The minimum atomic E-state index is -2.40. The van der Waals surface area contributed by atoms with Crippen LogP contribution >= 0.6 is 0 Å². The predicted octanol–water partition coefficient (Wildman–Crippen LogP) is 2.11. The zero-order chi connectivity index (χ0) is 11.6. The van der Waals surface area contributed by atoms with E-state index in [-0.39, 0.29) is 18.8 Å². The van der Waals surface area contributed by atoms with Gasteiger partial charge in [-0.05, 0) is 38.8 Å². The summed E-state index contributed by atoms with van der Waals surface area (Å²) in [6.07, 6.45) is 3.03. The van der Waals surface area contributed by atoms with E-state index in [4.69, 9.17) is 0 Å². The molecule has 1 N–H and O–H groups in total. The molecule has 94 valence electrons. The smallest absolute Gasteiger partial charge is 0.248 e. The van der Waals surface area contributed by atoms with Crippen LogP contribution in [0.4, 0.5) is 8.78 Å². The summed E-state index contributed by atoms with van der Waals surface area (Å²) in [5.41, 5.74) is 0. The minimum Gasteiger partial charge on any atom is -0.316 e. The fraction of sp³-hybridized carbons (Fsp3) is 1.00. The molecule has 16 heavy (non-hydrogen) atoms. The van der Waals surface area contributed by atoms with Crippen molar-refractivity contribution in [3.05, 3.63) is 0 Å². The quantitative estimate of drug-likeness (QED) is 0.801. The predicted molar refractivity (Wildman–Crippen MR) is 60.8 cm³/mol. The number of hydrogen-bond donors (Lipinski definition) is 1. The van der Waals surface area contributed by atoms with Crippen LogP contribution in [0.15, 0.2) is 0 Å². The molecule has 1 aliphatic carbocycles. The van der Waals surface area contributed by atoms with Gasteiger partial charge >= 0.3 is 0 Å². The summed E-state index contributed by atoms with van der Waals surface area (Å²) in [5, 5.41) is 3.26. The Kier molecular flexibility index (Phi) is 3.80. The van der Waals surface area contributed by atoms with Crippen LogP contribution in [0.5, 0.6) is 0 Å². The van der Waals surface area contributed by atoms with Gasteiger partial charge in [0, 0.05) is 32.0 Å². The molecule has 2 atom stereocenters. The summed E-state index contributed by atoms with van der Waals surface area (Å²) in [6, 6.07) is 0.559. The van der Waals surface area contributed by atoms with Crippen LogP contribution in [0.1, 0.15) is 32.1 Å². The lowest BCUT2D eigenvalue weighted by Gasteiger charge is -2.31. The highest BCUT2D eigenvalue weighted by Crippen LogP contribution is 2.37. The van der Waals surface area contributed by atoms with Gasteiger partial charge in [-0.25, -0.2) is 8.78 Å². The normalized spacial score (nSPS) is 35.4. The highest BCUT2D eigenvalue weighted by atomic mass is 19.3. The molecule has 0 bridgehead atoms. The maximum absolute atomic E-state index is 13.2. The van der Waals surface area contributed by atoms with Crippen molar-refractivity contribution in [1.29, 1.82) is 0 Å². The number of likely N-dealkylation sites (N-methyl/N-ethyl adjacent to an activating group) is 1. The Hall–Kier alpha value is -0.220. The molecule has 0 aromatic carbocycles. The summed E-state index contributed by atoms with van der Waals surface area (Å²) >= 11 is 0. The van der Waals surface area contributed by atoms with Crippen LogP contribution in [0, 0.1) is 5.92 Å². The van der Waals surface area contributed by atoms with Crippen molar-refractivity contribution in [3.63, 3.8) is 0 Å². The van der Waals surface area contributed by atoms with Crippen molar-refractivity contribution < 1.29 is 8.78 Å². The number of hydrogen-bond acceptors (Lipinski definition) is 2. The van der Waals surface area contributed by atoms with Crippen molar-refractivity contribution in [2.45, 2.75) is 44.1 Å². The second kappa shape index (κ2) is 4.96. The average molecular weight is 232 g/mol. The molecule has 0 spiro atoms. The SMILES string of the molecule is CNC1CCN(CC2CCCC(F)(F)C2)C1. The number of rotatable bonds is 3. The summed E-state index contributed by atoms with van der Waals surface area (Å²) < 4.78 is 26.5. The first-order valence-electron chi connectivity index (χ1n) is 6.36. The standard InChI is InChI=1S/C12H22F2N2/c1-15-11-4-6-16(9-11)8-10-3-2-5-12(13,14)7-10/h10-11,15H,2-9H2,1H3. The van der Waals surface area contributed by atoms with Gasteiger partial charge in [0.1, 0.15) is 0 Å². The number of halogens is 2. The highest BCUT2D eigenvalue weighted by Gasteiger charge is 2.37. The molecule has 1 heterocycles. The Labute approximate surface area is 96.4 Å². The van der Waals surface area contributed by atoms with E-state index >= 15 is 0 Å². The van der Waals surface area contributed by atoms with Crippen LogP contribution in [-0.2, 0) is 0 Å². The van der Waals surface area contributed by atoms with Gasteiger partial charge in [0.05, 0.1) is 0 Å². The zero-order valence-corrected chi connectivity index (χ0v) is 10.0. The molecule has 1 aliphatic heterocycles. The maximum atomic E-state index is 13.2. The van der Waals surface area contributed by atoms with Crippen molar-refractivity contribution in [1.82, 2.24) is 10.2 Å². The highest BCUT2D eigenvalue weighted by molar-refractivity contribution is 4.85. The summed E-state index contributed by atoms with van der Waals surface area (Å²) in [4.78, 5) is 2.34. The zero-order valence-electron chi connectivity index (χ0n) is 10.0. The van der Waals surface area contributed by atoms with Crippen LogP contribution in [0.25, 0.3) is 0 Å². The van der Waals surface area contributed by atoms with E-state index in [2.05, 4.69) is 10.2 Å². The molecule has 0 radical (unpaired) electrons. The number of alkyl halides is 2. The molecular formula is C12H22F2N2. The van der Waals surface area contributed by atoms with E-state index in [0.29, 0.717) is 12.5 Å². The van der Waals surface area contributed by atoms with Crippen molar-refractivity contribution in [2.24, 2.45) is 5.92 Å². The Bertz CT molecular complexity index is 233. The second-order valence-corrected chi connectivity index (χ2v) is 5.35. The van der Waals surface area contributed by atoms with Gasteiger partial charge < -0.3 is 10.2 Å². The number of likely N-dealkylation sites (tertiary alicyclic amines) is 1. The average Bonchev–Trinajstić information content (AvgIpc) is 2.64. The first kappa shape index (κ1) is 12.2. The number of nitrogens with zero attached hydrogens (tertiary/aromatic N) is 1. The van der Waals surface area contributed by atoms with Crippen LogP contribution in [0.3, 0.4) is 0 Å².